The van der Waals surface area contributed by atoms with Crippen LogP contribution < -0.4 is 0 Å². The van der Waals surface area contributed by atoms with E-state index in [9.17, 15) is 9.59 Å². The van der Waals surface area contributed by atoms with Crippen LogP contribution >= 0.6 is 7.17 Å². The first kappa shape index (κ1) is 35.6. The Balaban J connectivity index is 0. The quantitative estimate of drug-likeness (QED) is 0.0604. The molecule has 0 saturated heterocycles. The van der Waals surface area contributed by atoms with E-state index in [0.717, 1.165) is 19.3 Å². The molecule has 0 N–H and O–H groups in total. The molecule has 1 aliphatic rings. The molecule has 0 aromatic rings. The Morgan fingerprint density at radius 3 is 1.21 bits per heavy atom. The van der Waals surface area contributed by atoms with E-state index in [1.54, 1.807) is 11.3 Å². The summed E-state index contributed by atoms with van der Waals surface area (Å²) in [5.74, 6) is 0. The first-order valence-corrected chi connectivity index (χ1v) is 15.6. The average Bonchev–Trinajstić information content (AvgIpc) is 3.43. The number of hydrogen-bond donors (Lipinski definition) is 0. The van der Waals surface area contributed by atoms with Crippen LogP contribution in [0.1, 0.15) is 148 Å². The van der Waals surface area contributed by atoms with Gasteiger partial charge in [-0.05, 0) is 6.42 Å². The average molecular weight is 531 g/mol. The topological polar surface area (TPSA) is 34.1 Å². The van der Waals surface area contributed by atoms with Crippen molar-refractivity contribution in [2.75, 3.05) is 6.16 Å². The zero-order valence-electron chi connectivity index (χ0n) is 22.1. The molecule has 0 unspecified atom stereocenters. The minimum absolute atomic E-state index is 0. The van der Waals surface area contributed by atoms with E-state index in [1.807, 2.05) is 12.2 Å². The van der Waals surface area contributed by atoms with Gasteiger partial charge in [-0.25, -0.2) is 21.7 Å². The number of unbranched alkanes of at least 4 members (excludes halogenated alkanes) is 20. The minimum Gasteiger partial charge on any atom is -0.273 e. The van der Waals surface area contributed by atoms with Gasteiger partial charge in [0.1, 0.15) is 0 Å². The summed E-state index contributed by atoms with van der Waals surface area (Å²) >= 11 is 0. The van der Waals surface area contributed by atoms with Crippen LogP contribution in [0.2, 0.25) is 0 Å². The van der Waals surface area contributed by atoms with E-state index >= 15 is 0 Å². The van der Waals surface area contributed by atoms with Gasteiger partial charge in [0.2, 0.25) is 0 Å². The van der Waals surface area contributed by atoms with Gasteiger partial charge in [-0.1, -0.05) is 135 Å². The van der Waals surface area contributed by atoms with Crippen LogP contribution in [0.5, 0.6) is 0 Å². The summed E-state index contributed by atoms with van der Waals surface area (Å²) in [6.45, 7) is 2.29. The van der Waals surface area contributed by atoms with Crippen molar-refractivity contribution in [2.24, 2.45) is 0 Å². The maximum absolute atomic E-state index is 10.4. The molecule has 0 spiro atoms. The molecular weight excluding hydrogens is 478 g/mol. The molecule has 1 radical (unpaired) electrons. The standard InChI is InChI=1S/C25H47O2P.C5H5.Mn/c1-2-3-4-5-6-7-8-9-10-11-12-13-14-15-16-17-18-19-20-21-22-23-28(24-26)25-27;1-2-4-5-3-1;/h2-23H2,1H3;1-3H,4H2;/q;-1;. The van der Waals surface area contributed by atoms with Crippen LogP contribution in [0.15, 0.2) is 18.2 Å². The first-order chi connectivity index (χ1) is 16.3. The molecule has 0 aliphatic heterocycles. The molecule has 0 bridgehead atoms. The zero-order chi connectivity index (χ0) is 24.1. The number of carbonyl (C=O) groups excluding carboxylic acids is 2. The fourth-order valence-electron chi connectivity index (χ4n) is 4.15. The van der Waals surface area contributed by atoms with Gasteiger partial charge in [0.05, 0.1) is 7.17 Å². The molecule has 0 heterocycles. The Labute approximate surface area is 223 Å². The fraction of sp³-hybridized carbons (Fsp3) is 0.800. The SMILES string of the molecule is CCCCCCCCCCCCCCCCCCCCCCCP(=C=O)=C=O.[C-]1=CC=CC1.[Mn]. The van der Waals surface area contributed by atoms with Gasteiger partial charge in [0.15, 0.2) is 11.3 Å². The van der Waals surface area contributed by atoms with Crippen molar-refractivity contribution >= 4 is 18.5 Å². The molecule has 2 nitrogen and oxygen atoms in total. The fourth-order valence-corrected chi connectivity index (χ4v) is 4.91. The number of allylic oxidation sites excluding steroid dienone is 4. The second kappa shape index (κ2) is 32.5. The molecule has 0 aromatic heterocycles. The second-order valence-corrected chi connectivity index (χ2v) is 11.1. The first-order valence-electron chi connectivity index (χ1n) is 14.1. The van der Waals surface area contributed by atoms with Gasteiger partial charge in [-0.2, -0.15) is 6.08 Å². The Hall–Kier alpha value is -0.541. The molecule has 0 fully saturated rings. The van der Waals surface area contributed by atoms with E-state index in [2.05, 4.69) is 19.1 Å². The van der Waals surface area contributed by atoms with Gasteiger partial charge in [-0.15, -0.1) is 6.42 Å². The van der Waals surface area contributed by atoms with Crippen LogP contribution in [0.3, 0.4) is 0 Å². The molecule has 0 amide bonds. The molecule has 4 heteroatoms. The minimum atomic E-state index is -1.21. The Bertz CT molecular complexity index is 569. The third-order valence-corrected chi connectivity index (χ3v) is 7.50. The third-order valence-electron chi connectivity index (χ3n) is 6.29. The maximum Gasteiger partial charge on any atom is 0.156 e. The predicted octanol–water partition coefficient (Wildman–Crippen LogP) is 10.1. The van der Waals surface area contributed by atoms with Crippen LogP contribution in [0.4, 0.5) is 0 Å². The Morgan fingerprint density at radius 1 is 0.618 bits per heavy atom. The number of rotatable bonds is 22. The van der Waals surface area contributed by atoms with E-state index in [-0.39, 0.29) is 17.1 Å². The van der Waals surface area contributed by atoms with Crippen molar-refractivity contribution in [2.45, 2.75) is 148 Å². The third kappa shape index (κ3) is 29.5. The smallest absolute Gasteiger partial charge is 0.156 e. The van der Waals surface area contributed by atoms with Gasteiger partial charge in [0.25, 0.3) is 0 Å². The van der Waals surface area contributed by atoms with Gasteiger partial charge in [-0.3, -0.25) is 6.08 Å². The van der Waals surface area contributed by atoms with Gasteiger partial charge in [0, 0.05) is 23.2 Å². The zero-order valence-corrected chi connectivity index (χ0v) is 24.2. The summed E-state index contributed by atoms with van der Waals surface area (Å²) in [5, 5.41) is 0. The van der Waals surface area contributed by atoms with Crippen molar-refractivity contribution < 1.29 is 26.7 Å². The summed E-state index contributed by atoms with van der Waals surface area (Å²) in [7, 11) is -1.21. The molecule has 1 aliphatic carbocycles. The van der Waals surface area contributed by atoms with Crippen LogP contribution in [0.25, 0.3) is 0 Å². The summed E-state index contributed by atoms with van der Waals surface area (Å²) in [6, 6.07) is 0. The van der Waals surface area contributed by atoms with Crippen molar-refractivity contribution in [3.05, 3.63) is 24.3 Å². The Morgan fingerprint density at radius 2 is 0.971 bits per heavy atom. The molecule has 1 rings (SSSR count). The van der Waals surface area contributed by atoms with Crippen molar-refractivity contribution in [3.63, 3.8) is 0 Å². The summed E-state index contributed by atoms with van der Waals surface area (Å²) in [6.07, 6.45) is 39.6. The summed E-state index contributed by atoms with van der Waals surface area (Å²) in [5.41, 5.74) is 3.61. The largest absolute Gasteiger partial charge is 0.273 e. The summed E-state index contributed by atoms with van der Waals surface area (Å²) < 4.78 is 0. The Kier molecular flexibility index (Phi) is 34.0. The van der Waals surface area contributed by atoms with Crippen LogP contribution in [-0.2, 0) is 26.7 Å². The molecule has 0 aromatic carbocycles. The van der Waals surface area contributed by atoms with E-state index < -0.39 is 7.17 Å². The molecule has 197 valence electrons. The van der Waals surface area contributed by atoms with Crippen molar-refractivity contribution in [3.8, 4) is 0 Å². The molecule has 0 atom stereocenters. The maximum atomic E-state index is 10.4. The van der Waals surface area contributed by atoms with Gasteiger partial charge < -0.3 is 0 Å². The van der Waals surface area contributed by atoms with E-state index in [4.69, 9.17) is 0 Å². The molecule has 34 heavy (non-hydrogen) atoms. The van der Waals surface area contributed by atoms with Crippen LogP contribution in [0, 0.1) is 6.08 Å². The predicted molar refractivity (Wildman–Crippen MR) is 147 cm³/mol. The van der Waals surface area contributed by atoms with Gasteiger partial charge >= 0.3 is 0 Å². The normalized spacial score (nSPS) is 11.9. The van der Waals surface area contributed by atoms with E-state index in [0.29, 0.717) is 6.16 Å². The summed E-state index contributed by atoms with van der Waals surface area (Å²) in [4.78, 5) is 20.8. The molecule has 0 saturated carbocycles. The van der Waals surface area contributed by atoms with Crippen LogP contribution in [-0.4, -0.2) is 17.5 Å². The monoisotopic (exact) mass is 530 g/mol. The number of hydrogen-bond acceptors (Lipinski definition) is 2. The van der Waals surface area contributed by atoms with Crippen molar-refractivity contribution in [1.29, 1.82) is 0 Å². The van der Waals surface area contributed by atoms with E-state index in [1.165, 1.54) is 122 Å². The van der Waals surface area contributed by atoms with Crippen molar-refractivity contribution in [1.82, 2.24) is 0 Å². The second-order valence-electron chi connectivity index (χ2n) is 9.41. The molecular formula is C30H52MnO2P-.